The number of nitrogens with zero attached hydrogens (tertiary/aromatic N) is 1. The molecule has 0 radical (unpaired) electrons. The van der Waals surface area contributed by atoms with Crippen LogP contribution in [0.2, 0.25) is 0 Å². The molecule has 1 aromatic rings. The van der Waals surface area contributed by atoms with E-state index >= 15 is 0 Å². The van der Waals surface area contributed by atoms with Gasteiger partial charge in [-0.3, -0.25) is 5.41 Å². The average Bonchev–Trinajstić information content (AvgIpc) is 2.67. The minimum Gasteiger partial charge on any atom is -0.493 e. The number of aldehydes is 1. The van der Waals surface area contributed by atoms with E-state index in [1.54, 1.807) is 6.07 Å². The van der Waals surface area contributed by atoms with Crippen molar-refractivity contribution in [2.45, 2.75) is 6.54 Å². The van der Waals surface area contributed by atoms with Gasteiger partial charge in [-0.25, -0.2) is 4.39 Å². The molecule has 0 spiro atoms. The van der Waals surface area contributed by atoms with Crippen LogP contribution in [0.4, 0.5) is 4.39 Å². The molecule has 0 saturated heterocycles. The standard InChI is InChI=1S/C12H13FN2O3/c1-17-8-5-7-6-15(3-4-16)12(14)9(7)10(13)11(8)18-2/h4-5,14H,3,6H2,1-2H3. The number of rotatable bonds is 4. The van der Waals surface area contributed by atoms with Crippen molar-refractivity contribution < 1.29 is 18.7 Å². The van der Waals surface area contributed by atoms with Crippen LogP contribution in [0.1, 0.15) is 11.1 Å². The van der Waals surface area contributed by atoms with Crippen molar-refractivity contribution in [2.75, 3.05) is 20.8 Å². The van der Waals surface area contributed by atoms with Gasteiger partial charge in [-0.05, 0) is 11.6 Å². The van der Waals surface area contributed by atoms with Crippen LogP contribution in [0, 0.1) is 11.2 Å². The third-order valence-electron chi connectivity index (χ3n) is 2.90. The lowest BCUT2D eigenvalue weighted by Crippen LogP contribution is -2.26. The number of ether oxygens (including phenoxy) is 2. The Morgan fingerprint density at radius 1 is 1.50 bits per heavy atom. The first-order chi connectivity index (χ1) is 8.63. The SMILES string of the molecule is COc1cc2c(c(F)c1OC)C(=N)N(CC=O)C2. The molecule has 0 unspecified atom stereocenters. The van der Waals surface area contributed by atoms with Gasteiger partial charge in [-0.15, -0.1) is 0 Å². The summed E-state index contributed by atoms with van der Waals surface area (Å²) in [6.07, 6.45) is 0.687. The minimum absolute atomic E-state index is 0.00412. The summed E-state index contributed by atoms with van der Waals surface area (Å²) in [7, 11) is 2.77. The molecule has 0 aromatic heterocycles. The van der Waals surface area contributed by atoms with Crippen LogP contribution in [-0.4, -0.2) is 37.8 Å². The van der Waals surface area contributed by atoms with E-state index in [1.165, 1.54) is 19.1 Å². The predicted molar refractivity (Wildman–Crippen MR) is 62.8 cm³/mol. The fraction of sp³-hybridized carbons (Fsp3) is 0.333. The smallest absolute Gasteiger partial charge is 0.197 e. The number of methoxy groups -OCH3 is 2. The molecule has 2 rings (SSSR count). The van der Waals surface area contributed by atoms with Crippen molar-refractivity contribution >= 4 is 12.1 Å². The Kier molecular flexibility index (Phi) is 3.18. The maximum atomic E-state index is 14.2. The molecule has 6 heteroatoms. The van der Waals surface area contributed by atoms with Crippen LogP contribution in [0.3, 0.4) is 0 Å². The summed E-state index contributed by atoms with van der Waals surface area (Å²) in [5.41, 5.74) is 0.798. The van der Waals surface area contributed by atoms with Gasteiger partial charge in [0.05, 0.1) is 26.3 Å². The average molecular weight is 252 g/mol. The van der Waals surface area contributed by atoms with E-state index in [9.17, 15) is 9.18 Å². The van der Waals surface area contributed by atoms with Crippen LogP contribution in [0.5, 0.6) is 11.5 Å². The molecular formula is C12H13FN2O3. The first-order valence-electron chi connectivity index (χ1n) is 5.34. The third kappa shape index (κ3) is 1.70. The number of carbonyl (C=O) groups excluding carboxylic acids is 1. The van der Waals surface area contributed by atoms with Gasteiger partial charge >= 0.3 is 0 Å². The Labute approximate surface area is 104 Å². The number of nitrogens with one attached hydrogen (secondary N) is 1. The van der Waals surface area contributed by atoms with E-state index in [1.807, 2.05) is 0 Å². The maximum absolute atomic E-state index is 14.2. The summed E-state index contributed by atoms with van der Waals surface area (Å²) in [5.74, 6) is -0.357. The molecule has 0 saturated carbocycles. The van der Waals surface area contributed by atoms with Gasteiger partial charge in [0.25, 0.3) is 0 Å². The lowest BCUT2D eigenvalue weighted by molar-refractivity contribution is -0.108. The van der Waals surface area contributed by atoms with Gasteiger partial charge in [0.1, 0.15) is 12.1 Å². The fourth-order valence-corrected chi connectivity index (χ4v) is 2.07. The van der Waals surface area contributed by atoms with Gasteiger partial charge in [0.15, 0.2) is 17.3 Å². The highest BCUT2D eigenvalue weighted by Gasteiger charge is 2.31. The second-order valence-corrected chi connectivity index (χ2v) is 3.86. The van der Waals surface area contributed by atoms with Gasteiger partial charge in [-0.1, -0.05) is 0 Å². The highest BCUT2D eigenvalue weighted by Crippen LogP contribution is 2.38. The van der Waals surface area contributed by atoms with Gasteiger partial charge in [0, 0.05) is 6.54 Å². The molecule has 0 bridgehead atoms. The number of hydrogen-bond donors (Lipinski definition) is 1. The lowest BCUT2D eigenvalue weighted by atomic mass is 10.1. The molecule has 18 heavy (non-hydrogen) atoms. The fourth-order valence-electron chi connectivity index (χ4n) is 2.07. The lowest BCUT2D eigenvalue weighted by Gasteiger charge is -2.13. The maximum Gasteiger partial charge on any atom is 0.197 e. The Balaban J connectivity index is 2.53. The van der Waals surface area contributed by atoms with Crippen LogP contribution in [0.25, 0.3) is 0 Å². The second-order valence-electron chi connectivity index (χ2n) is 3.86. The molecule has 1 aromatic carbocycles. The van der Waals surface area contributed by atoms with Crippen molar-refractivity contribution in [1.29, 1.82) is 5.41 Å². The molecular weight excluding hydrogens is 239 g/mol. The molecule has 5 nitrogen and oxygen atoms in total. The van der Waals surface area contributed by atoms with E-state index in [2.05, 4.69) is 0 Å². The van der Waals surface area contributed by atoms with Crippen molar-refractivity contribution in [3.63, 3.8) is 0 Å². The molecule has 96 valence electrons. The molecule has 0 fully saturated rings. The quantitative estimate of drug-likeness (QED) is 0.817. The van der Waals surface area contributed by atoms with E-state index in [-0.39, 0.29) is 29.4 Å². The van der Waals surface area contributed by atoms with E-state index in [4.69, 9.17) is 14.9 Å². The number of halogens is 1. The van der Waals surface area contributed by atoms with E-state index in [0.717, 1.165) is 0 Å². The van der Waals surface area contributed by atoms with Crippen LogP contribution < -0.4 is 9.47 Å². The summed E-state index contributed by atoms with van der Waals surface area (Å²) in [6.45, 7) is 0.391. The largest absolute Gasteiger partial charge is 0.493 e. The van der Waals surface area contributed by atoms with Gasteiger partial charge in [0.2, 0.25) is 0 Å². The minimum atomic E-state index is -0.620. The van der Waals surface area contributed by atoms with Crippen molar-refractivity contribution in [2.24, 2.45) is 0 Å². The van der Waals surface area contributed by atoms with Crippen molar-refractivity contribution in [3.05, 3.63) is 23.0 Å². The summed E-state index contributed by atoms with van der Waals surface area (Å²) < 4.78 is 24.2. The summed E-state index contributed by atoms with van der Waals surface area (Å²) in [4.78, 5) is 12.0. The Hall–Kier alpha value is -2.11. The Morgan fingerprint density at radius 2 is 2.22 bits per heavy atom. The first kappa shape index (κ1) is 12.3. The van der Waals surface area contributed by atoms with Crippen LogP contribution in [-0.2, 0) is 11.3 Å². The zero-order valence-corrected chi connectivity index (χ0v) is 10.1. The van der Waals surface area contributed by atoms with Crippen molar-refractivity contribution in [3.8, 4) is 11.5 Å². The zero-order valence-electron chi connectivity index (χ0n) is 10.1. The number of hydrogen-bond acceptors (Lipinski definition) is 4. The number of carbonyl (C=O) groups is 1. The van der Waals surface area contributed by atoms with Crippen LogP contribution >= 0.6 is 0 Å². The topological polar surface area (TPSA) is 62.6 Å². The molecule has 1 heterocycles. The van der Waals surface area contributed by atoms with Gasteiger partial charge in [-0.2, -0.15) is 0 Å². The van der Waals surface area contributed by atoms with Gasteiger partial charge < -0.3 is 19.2 Å². The molecule has 1 N–H and O–H groups in total. The monoisotopic (exact) mass is 252 g/mol. The number of amidine groups is 1. The summed E-state index contributed by atoms with van der Waals surface area (Å²) in [5, 5.41) is 7.86. The molecule has 0 atom stereocenters. The molecule has 0 aliphatic carbocycles. The molecule has 1 aliphatic heterocycles. The van der Waals surface area contributed by atoms with E-state index in [0.29, 0.717) is 18.4 Å². The number of benzene rings is 1. The predicted octanol–water partition coefficient (Wildman–Crippen LogP) is 1.18. The molecule has 1 aliphatic rings. The summed E-state index contributed by atoms with van der Waals surface area (Å²) >= 11 is 0. The zero-order chi connectivity index (χ0) is 13.3. The third-order valence-corrected chi connectivity index (χ3v) is 2.90. The van der Waals surface area contributed by atoms with Crippen molar-refractivity contribution in [1.82, 2.24) is 4.90 Å². The summed E-state index contributed by atoms with van der Waals surface area (Å²) in [6, 6.07) is 1.64. The Bertz CT molecular complexity index is 517. The second kappa shape index (κ2) is 4.64. The highest BCUT2D eigenvalue weighted by molar-refractivity contribution is 6.02. The normalized spacial score (nSPS) is 13.5. The first-order valence-corrected chi connectivity index (χ1v) is 5.34. The van der Waals surface area contributed by atoms with E-state index < -0.39 is 5.82 Å². The molecule has 0 amide bonds. The highest BCUT2D eigenvalue weighted by atomic mass is 19.1. The Morgan fingerprint density at radius 3 is 2.78 bits per heavy atom. The van der Waals surface area contributed by atoms with Crippen LogP contribution in [0.15, 0.2) is 6.07 Å². The number of fused-ring (bicyclic) bond motifs is 1.